The summed E-state index contributed by atoms with van der Waals surface area (Å²) in [5.74, 6) is 0.0212. The number of nitrogens with one attached hydrogen (secondary N) is 1. The molecule has 1 aliphatic rings. The molecule has 1 aromatic heterocycles. The predicted octanol–water partition coefficient (Wildman–Crippen LogP) is 2.39. The van der Waals surface area contributed by atoms with Gasteiger partial charge in [0.2, 0.25) is 0 Å². The average molecular weight is 280 g/mol. The van der Waals surface area contributed by atoms with Gasteiger partial charge in [-0.25, -0.2) is 4.98 Å². The number of aryl methyl sites for hydroxylation is 2. The molecule has 4 nitrogen and oxygen atoms in total. The summed E-state index contributed by atoms with van der Waals surface area (Å²) in [6, 6.07) is 4.08. The van der Waals surface area contributed by atoms with Crippen molar-refractivity contribution < 1.29 is 9.90 Å². The van der Waals surface area contributed by atoms with E-state index in [1.807, 2.05) is 26.0 Å². The molecule has 2 rings (SSSR count). The van der Waals surface area contributed by atoms with Gasteiger partial charge in [0.1, 0.15) is 6.04 Å². The number of rotatable bonds is 7. The van der Waals surface area contributed by atoms with Gasteiger partial charge in [0.15, 0.2) is 0 Å². The van der Waals surface area contributed by atoms with Crippen LogP contribution in [0.4, 0.5) is 0 Å². The van der Waals surface area contributed by atoms with Crippen LogP contribution in [0.3, 0.4) is 0 Å². The second-order valence-corrected chi connectivity index (χ2v) is 6.21. The molecule has 0 bridgehead atoms. The molecule has 0 radical (unpaired) electrons. The summed E-state index contributed by atoms with van der Waals surface area (Å²) >= 11 is 1.63. The molecule has 0 amide bonds. The van der Waals surface area contributed by atoms with Crippen LogP contribution in [0.5, 0.6) is 0 Å². The fourth-order valence-corrected chi connectivity index (χ4v) is 3.01. The van der Waals surface area contributed by atoms with Crippen molar-refractivity contribution in [1.29, 1.82) is 0 Å². The van der Waals surface area contributed by atoms with E-state index in [1.165, 1.54) is 5.56 Å². The van der Waals surface area contributed by atoms with E-state index in [0.29, 0.717) is 12.5 Å². The highest BCUT2D eigenvalue weighted by atomic mass is 32.2. The summed E-state index contributed by atoms with van der Waals surface area (Å²) in [6.07, 6.45) is 2.84. The number of aromatic nitrogens is 1. The summed E-state index contributed by atoms with van der Waals surface area (Å²) in [7, 11) is 0. The van der Waals surface area contributed by atoms with E-state index >= 15 is 0 Å². The highest BCUT2D eigenvalue weighted by molar-refractivity contribution is 7.99. The highest BCUT2D eigenvalue weighted by Crippen LogP contribution is 2.22. The Bertz CT molecular complexity index is 441. The summed E-state index contributed by atoms with van der Waals surface area (Å²) in [5.41, 5.74) is 2.20. The van der Waals surface area contributed by atoms with E-state index < -0.39 is 12.0 Å². The molecule has 19 heavy (non-hydrogen) atoms. The molecule has 0 aromatic carbocycles. The normalized spacial score (nSPS) is 16.3. The zero-order valence-electron chi connectivity index (χ0n) is 11.3. The lowest BCUT2D eigenvalue weighted by molar-refractivity contribution is -0.139. The Balaban J connectivity index is 1.81. The van der Waals surface area contributed by atoms with Gasteiger partial charge in [0.25, 0.3) is 0 Å². The molecule has 1 atom stereocenters. The first-order chi connectivity index (χ1) is 9.04. The fraction of sp³-hybridized carbons (Fsp3) is 0.571. The lowest BCUT2D eigenvalue weighted by Gasteiger charge is -2.13. The van der Waals surface area contributed by atoms with Crippen molar-refractivity contribution in [3.05, 3.63) is 23.4 Å². The molecule has 1 fully saturated rings. The number of carboxylic acids is 1. The third-order valence-corrected chi connectivity index (χ3v) is 3.99. The van der Waals surface area contributed by atoms with Gasteiger partial charge in [-0.15, -0.1) is 11.8 Å². The van der Waals surface area contributed by atoms with E-state index in [-0.39, 0.29) is 0 Å². The van der Waals surface area contributed by atoms with Crippen molar-refractivity contribution in [2.75, 3.05) is 5.75 Å². The Labute approximate surface area is 118 Å². The molecule has 1 heterocycles. The van der Waals surface area contributed by atoms with Crippen LogP contribution in [-0.4, -0.2) is 33.9 Å². The van der Waals surface area contributed by atoms with E-state index in [0.717, 1.165) is 29.3 Å². The smallest absolute Gasteiger partial charge is 0.320 e. The van der Waals surface area contributed by atoms with Crippen molar-refractivity contribution in [2.45, 2.75) is 50.2 Å². The minimum atomic E-state index is -0.749. The monoisotopic (exact) mass is 280 g/mol. The molecule has 1 aromatic rings. The molecular formula is C14H20N2O2S. The standard InChI is InChI=1S/C14H20N2O2S/c1-9-7-10(2)15-13(8-9)19-6-5-12(14(17)18)16-11-3-4-11/h7-8,11-12,16H,3-6H2,1-2H3,(H,17,18). The van der Waals surface area contributed by atoms with Crippen LogP contribution in [0.25, 0.3) is 0 Å². The van der Waals surface area contributed by atoms with Crippen LogP contribution in [0.1, 0.15) is 30.5 Å². The lowest BCUT2D eigenvalue weighted by atomic mass is 10.2. The SMILES string of the molecule is Cc1cc(C)nc(SCCC(NC2CC2)C(=O)O)c1. The van der Waals surface area contributed by atoms with Crippen molar-refractivity contribution in [3.8, 4) is 0 Å². The second kappa shape index (κ2) is 6.39. The minimum absolute atomic E-state index is 0.422. The maximum Gasteiger partial charge on any atom is 0.320 e. The first-order valence-electron chi connectivity index (χ1n) is 6.61. The molecule has 1 aliphatic carbocycles. The number of aliphatic carboxylic acids is 1. The van der Waals surface area contributed by atoms with E-state index in [9.17, 15) is 4.79 Å². The molecular weight excluding hydrogens is 260 g/mol. The minimum Gasteiger partial charge on any atom is -0.480 e. The average Bonchev–Trinajstić information content (AvgIpc) is 3.10. The van der Waals surface area contributed by atoms with Crippen molar-refractivity contribution in [2.24, 2.45) is 0 Å². The van der Waals surface area contributed by atoms with Gasteiger partial charge in [0, 0.05) is 17.5 Å². The van der Waals surface area contributed by atoms with Gasteiger partial charge >= 0.3 is 5.97 Å². The Kier molecular flexibility index (Phi) is 4.82. The number of carboxylic acid groups (broad SMARTS) is 1. The fourth-order valence-electron chi connectivity index (χ4n) is 1.97. The van der Waals surface area contributed by atoms with Gasteiger partial charge in [0.05, 0.1) is 5.03 Å². The number of nitrogens with zero attached hydrogens (tertiary/aromatic N) is 1. The first-order valence-corrected chi connectivity index (χ1v) is 7.60. The molecule has 0 spiro atoms. The van der Waals surface area contributed by atoms with E-state index in [1.54, 1.807) is 11.8 Å². The van der Waals surface area contributed by atoms with Crippen molar-refractivity contribution in [3.63, 3.8) is 0 Å². The van der Waals surface area contributed by atoms with Gasteiger partial charge in [-0.05, 0) is 50.8 Å². The van der Waals surface area contributed by atoms with Crippen molar-refractivity contribution >= 4 is 17.7 Å². The molecule has 0 aliphatic heterocycles. The van der Waals surface area contributed by atoms with Crippen LogP contribution in [0.15, 0.2) is 17.2 Å². The molecule has 1 unspecified atom stereocenters. The zero-order chi connectivity index (χ0) is 13.8. The van der Waals surface area contributed by atoms with Crippen LogP contribution in [0, 0.1) is 13.8 Å². The molecule has 1 saturated carbocycles. The van der Waals surface area contributed by atoms with Crippen molar-refractivity contribution in [1.82, 2.24) is 10.3 Å². The lowest BCUT2D eigenvalue weighted by Crippen LogP contribution is -2.38. The summed E-state index contributed by atoms with van der Waals surface area (Å²) in [5, 5.41) is 13.3. The summed E-state index contributed by atoms with van der Waals surface area (Å²) in [4.78, 5) is 15.6. The van der Waals surface area contributed by atoms with Crippen LogP contribution >= 0.6 is 11.8 Å². The number of hydrogen-bond acceptors (Lipinski definition) is 4. The van der Waals surface area contributed by atoms with E-state index in [2.05, 4.69) is 10.3 Å². The van der Waals surface area contributed by atoms with Gasteiger partial charge in [-0.2, -0.15) is 0 Å². The maximum absolute atomic E-state index is 11.1. The quantitative estimate of drug-likeness (QED) is 0.751. The second-order valence-electron chi connectivity index (χ2n) is 5.09. The Morgan fingerprint density at radius 1 is 1.53 bits per heavy atom. The van der Waals surface area contributed by atoms with Crippen LogP contribution in [0.2, 0.25) is 0 Å². The first kappa shape index (κ1) is 14.3. The Morgan fingerprint density at radius 3 is 2.84 bits per heavy atom. The number of hydrogen-bond donors (Lipinski definition) is 2. The molecule has 5 heteroatoms. The number of carbonyl (C=O) groups is 1. The summed E-state index contributed by atoms with van der Waals surface area (Å²) in [6.45, 7) is 4.03. The third-order valence-electron chi connectivity index (χ3n) is 3.04. The number of pyridine rings is 1. The number of thioether (sulfide) groups is 1. The van der Waals surface area contributed by atoms with Crippen LogP contribution in [-0.2, 0) is 4.79 Å². The van der Waals surface area contributed by atoms with Gasteiger partial charge < -0.3 is 10.4 Å². The zero-order valence-corrected chi connectivity index (χ0v) is 12.2. The third kappa shape index (κ3) is 4.84. The Hall–Kier alpha value is -1.07. The molecule has 104 valence electrons. The maximum atomic E-state index is 11.1. The van der Waals surface area contributed by atoms with Gasteiger partial charge in [-0.1, -0.05) is 0 Å². The predicted molar refractivity (Wildman–Crippen MR) is 76.6 cm³/mol. The van der Waals surface area contributed by atoms with E-state index in [4.69, 9.17) is 5.11 Å². The largest absolute Gasteiger partial charge is 0.480 e. The summed E-state index contributed by atoms with van der Waals surface area (Å²) < 4.78 is 0. The Morgan fingerprint density at radius 2 is 2.26 bits per heavy atom. The molecule has 0 saturated heterocycles. The van der Waals surface area contributed by atoms with Crippen LogP contribution < -0.4 is 5.32 Å². The molecule has 2 N–H and O–H groups in total. The topological polar surface area (TPSA) is 62.2 Å². The highest BCUT2D eigenvalue weighted by Gasteiger charge is 2.27. The van der Waals surface area contributed by atoms with Gasteiger partial charge in [-0.3, -0.25) is 4.79 Å².